The molecule has 0 saturated carbocycles. The molecule has 44 valence electrons. The van der Waals surface area contributed by atoms with Crippen molar-refractivity contribution in [1.29, 1.82) is 0 Å². The smallest absolute Gasteiger partial charge is 0.0603 e. The molecule has 0 radical (unpaired) electrons. The first kappa shape index (κ1) is 5.48. The van der Waals surface area contributed by atoms with E-state index in [0.717, 1.165) is 6.54 Å². The van der Waals surface area contributed by atoms with Gasteiger partial charge in [0, 0.05) is 6.20 Å². The Kier molecular flexibility index (Phi) is 2.30. The van der Waals surface area contributed by atoms with Crippen LogP contribution < -0.4 is 0 Å². The highest BCUT2D eigenvalue weighted by molar-refractivity contribution is 4.79. The zero-order valence-corrected chi connectivity index (χ0v) is 4.88. The second-order valence-electron chi connectivity index (χ2n) is 1.86. The first-order chi connectivity index (χ1) is 4.00. The zero-order chi connectivity index (χ0) is 5.66. The molecule has 0 aromatic carbocycles. The molecular formula is C6H10N2. The molecule has 0 saturated heterocycles. The number of azo groups is 1. The first-order valence-electron chi connectivity index (χ1n) is 3.02. The van der Waals surface area contributed by atoms with Crippen LogP contribution in [0.3, 0.4) is 0 Å². The summed E-state index contributed by atoms with van der Waals surface area (Å²) in [6.45, 7) is 0.907. The van der Waals surface area contributed by atoms with Gasteiger partial charge in [-0.05, 0) is 19.3 Å². The number of hydrogen-bond donors (Lipinski definition) is 0. The molecule has 1 heterocycles. The molecule has 8 heavy (non-hydrogen) atoms. The fourth-order valence-electron chi connectivity index (χ4n) is 0.671. The van der Waals surface area contributed by atoms with Crippen molar-refractivity contribution in [3.05, 3.63) is 12.3 Å². The zero-order valence-electron chi connectivity index (χ0n) is 4.88. The minimum atomic E-state index is 0.907. The van der Waals surface area contributed by atoms with Crippen LogP contribution in [0.5, 0.6) is 0 Å². The Morgan fingerprint density at radius 3 is 3.25 bits per heavy atom. The van der Waals surface area contributed by atoms with Crippen LogP contribution in [0.1, 0.15) is 19.3 Å². The lowest BCUT2D eigenvalue weighted by Crippen LogP contribution is -1.80. The maximum Gasteiger partial charge on any atom is 0.0603 e. The monoisotopic (exact) mass is 110 g/mol. The van der Waals surface area contributed by atoms with E-state index >= 15 is 0 Å². The van der Waals surface area contributed by atoms with Gasteiger partial charge < -0.3 is 0 Å². The fraction of sp³-hybridized carbons (Fsp3) is 0.667. The van der Waals surface area contributed by atoms with Crippen LogP contribution in [-0.2, 0) is 0 Å². The van der Waals surface area contributed by atoms with Gasteiger partial charge >= 0.3 is 0 Å². The van der Waals surface area contributed by atoms with Gasteiger partial charge in [-0.1, -0.05) is 6.08 Å². The maximum atomic E-state index is 3.87. The normalized spacial score (nSPS) is 20.0. The van der Waals surface area contributed by atoms with Crippen molar-refractivity contribution in [3.8, 4) is 0 Å². The van der Waals surface area contributed by atoms with Gasteiger partial charge in [0.25, 0.3) is 0 Å². The molecule has 0 spiro atoms. The Balaban J connectivity index is 2.33. The van der Waals surface area contributed by atoms with Gasteiger partial charge in [0.15, 0.2) is 0 Å². The van der Waals surface area contributed by atoms with Crippen LogP contribution in [0.4, 0.5) is 0 Å². The summed E-state index contributed by atoms with van der Waals surface area (Å²) in [5.41, 5.74) is 0. The Morgan fingerprint density at radius 1 is 1.25 bits per heavy atom. The van der Waals surface area contributed by atoms with E-state index in [1.807, 2.05) is 0 Å². The molecule has 1 rings (SSSR count). The molecule has 0 unspecified atom stereocenters. The molecule has 1 aliphatic rings. The largest absolute Gasteiger partial charge is 0.189 e. The number of rotatable bonds is 0. The van der Waals surface area contributed by atoms with E-state index in [1.54, 1.807) is 6.20 Å². The summed E-state index contributed by atoms with van der Waals surface area (Å²) in [5, 5.41) is 7.64. The van der Waals surface area contributed by atoms with E-state index in [0.29, 0.717) is 0 Å². The summed E-state index contributed by atoms with van der Waals surface area (Å²) in [6, 6.07) is 0. The Bertz CT molecular complexity index is 91.1. The van der Waals surface area contributed by atoms with Gasteiger partial charge in [-0.3, -0.25) is 0 Å². The maximum absolute atomic E-state index is 3.87. The summed E-state index contributed by atoms with van der Waals surface area (Å²) in [7, 11) is 0. The number of nitrogens with zero attached hydrogens (tertiary/aromatic N) is 2. The van der Waals surface area contributed by atoms with Crippen LogP contribution in [0.2, 0.25) is 0 Å². The standard InChI is InChI=1S/C6H10N2/c1-2-4-6-8-7-5-3-1/h3,5H,1-2,4,6H2. The minimum absolute atomic E-state index is 0.907. The molecule has 2 nitrogen and oxygen atoms in total. The van der Waals surface area contributed by atoms with Crippen LogP contribution in [0, 0.1) is 0 Å². The van der Waals surface area contributed by atoms with Crippen LogP contribution >= 0.6 is 0 Å². The third-order valence-electron chi connectivity index (χ3n) is 1.13. The Morgan fingerprint density at radius 2 is 2.25 bits per heavy atom. The first-order valence-corrected chi connectivity index (χ1v) is 3.02. The van der Waals surface area contributed by atoms with Crippen LogP contribution in [-0.4, -0.2) is 6.54 Å². The highest BCUT2D eigenvalue weighted by atomic mass is 15.1. The van der Waals surface area contributed by atoms with Gasteiger partial charge in [0.1, 0.15) is 0 Å². The van der Waals surface area contributed by atoms with Gasteiger partial charge in [-0.25, -0.2) is 0 Å². The second-order valence-corrected chi connectivity index (χ2v) is 1.86. The van der Waals surface area contributed by atoms with Crippen LogP contribution in [0.25, 0.3) is 0 Å². The van der Waals surface area contributed by atoms with Crippen molar-refractivity contribution in [2.75, 3.05) is 6.54 Å². The summed E-state index contributed by atoms with van der Waals surface area (Å²) in [4.78, 5) is 0. The van der Waals surface area contributed by atoms with E-state index in [9.17, 15) is 0 Å². The lowest BCUT2D eigenvalue weighted by atomic mass is 10.2. The highest BCUT2D eigenvalue weighted by Gasteiger charge is 1.85. The van der Waals surface area contributed by atoms with Crippen molar-refractivity contribution in [2.24, 2.45) is 10.2 Å². The predicted octanol–water partition coefficient (Wildman–Crippen LogP) is 2.14. The van der Waals surface area contributed by atoms with Crippen molar-refractivity contribution >= 4 is 0 Å². The predicted molar refractivity (Wildman–Crippen MR) is 32.7 cm³/mol. The van der Waals surface area contributed by atoms with Crippen LogP contribution in [0.15, 0.2) is 22.5 Å². The topological polar surface area (TPSA) is 24.7 Å². The van der Waals surface area contributed by atoms with E-state index in [-0.39, 0.29) is 0 Å². The lowest BCUT2D eigenvalue weighted by Gasteiger charge is -1.93. The van der Waals surface area contributed by atoms with Crippen molar-refractivity contribution in [1.82, 2.24) is 0 Å². The minimum Gasteiger partial charge on any atom is -0.189 e. The summed E-state index contributed by atoms with van der Waals surface area (Å²) < 4.78 is 0. The summed E-state index contributed by atoms with van der Waals surface area (Å²) in [6.07, 6.45) is 7.45. The summed E-state index contributed by atoms with van der Waals surface area (Å²) in [5.74, 6) is 0. The summed E-state index contributed by atoms with van der Waals surface area (Å²) >= 11 is 0. The highest BCUT2D eigenvalue weighted by Crippen LogP contribution is 2.00. The van der Waals surface area contributed by atoms with E-state index in [1.165, 1.54) is 19.3 Å². The Labute approximate surface area is 49.3 Å². The molecule has 1 aliphatic heterocycles. The van der Waals surface area contributed by atoms with E-state index in [2.05, 4.69) is 16.3 Å². The van der Waals surface area contributed by atoms with Crippen molar-refractivity contribution in [2.45, 2.75) is 19.3 Å². The molecule has 0 aromatic heterocycles. The molecule has 0 bridgehead atoms. The van der Waals surface area contributed by atoms with Gasteiger partial charge in [-0.15, -0.1) is 0 Å². The molecule has 0 N–H and O–H groups in total. The molecule has 0 aliphatic carbocycles. The molecule has 0 aromatic rings. The van der Waals surface area contributed by atoms with Gasteiger partial charge in [-0.2, -0.15) is 10.2 Å². The molecule has 2 heteroatoms. The average molecular weight is 110 g/mol. The fourth-order valence-corrected chi connectivity index (χ4v) is 0.671. The average Bonchev–Trinajstić information content (AvgIpc) is 1.62. The molecular weight excluding hydrogens is 100 g/mol. The molecule has 0 amide bonds. The number of hydrogen-bond acceptors (Lipinski definition) is 2. The molecule has 0 fully saturated rings. The third kappa shape index (κ3) is 1.87. The van der Waals surface area contributed by atoms with Crippen molar-refractivity contribution < 1.29 is 0 Å². The molecule has 0 atom stereocenters. The quantitative estimate of drug-likeness (QED) is 0.456. The van der Waals surface area contributed by atoms with E-state index < -0.39 is 0 Å². The SMILES string of the molecule is C1=CN=NCCCC1. The third-order valence-corrected chi connectivity index (χ3v) is 1.13. The van der Waals surface area contributed by atoms with Crippen molar-refractivity contribution in [3.63, 3.8) is 0 Å². The second kappa shape index (κ2) is 3.36. The van der Waals surface area contributed by atoms with Gasteiger partial charge in [0.2, 0.25) is 0 Å². The lowest BCUT2D eigenvalue weighted by molar-refractivity contribution is 0.726. The van der Waals surface area contributed by atoms with Gasteiger partial charge in [0.05, 0.1) is 6.54 Å². The van der Waals surface area contributed by atoms with E-state index in [4.69, 9.17) is 0 Å². The Hall–Kier alpha value is -0.660. The number of allylic oxidation sites excluding steroid dienone is 1.